The first kappa shape index (κ1) is 10.2. The number of aryl methyl sites for hydroxylation is 1. The van der Waals surface area contributed by atoms with E-state index in [-0.39, 0.29) is 0 Å². The number of amides is 1. The quantitative estimate of drug-likeness (QED) is 0.683. The van der Waals surface area contributed by atoms with Crippen molar-refractivity contribution < 1.29 is 14.7 Å². The topological polar surface area (TPSA) is 84.2 Å². The van der Waals surface area contributed by atoms with Crippen molar-refractivity contribution in [1.82, 2.24) is 9.78 Å². The van der Waals surface area contributed by atoms with Gasteiger partial charge in [-0.05, 0) is 6.42 Å². The van der Waals surface area contributed by atoms with Crippen LogP contribution in [0.25, 0.3) is 0 Å². The monoisotopic (exact) mass is 197 g/mol. The van der Waals surface area contributed by atoms with Gasteiger partial charge in [0.15, 0.2) is 0 Å². The lowest BCUT2D eigenvalue weighted by atomic mass is 10.5. The fourth-order valence-corrected chi connectivity index (χ4v) is 0.964. The van der Waals surface area contributed by atoms with E-state index >= 15 is 0 Å². The van der Waals surface area contributed by atoms with Crippen LogP contribution in [0.1, 0.15) is 13.3 Å². The molecule has 0 atom stereocenters. The minimum absolute atomic E-state index is 0.394. The number of nitrogens with one attached hydrogen (secondary N) is 1. The Morgan fingerprint density at radius 1 is 1.64 bits per heavy atom. The Morgan fingerprint density at radius 2 is 2.36 bits per heavy atom. The maximum Gasteiger partial charge on any atom is 0.394 e. The van der Waals surface area contributed by atoms with Crippen molar-refractivity contribution in [3.8, 4) is 0 Å². The number of aliphatic carboxylic acids is 1. The van der Waals surface area contributed by atoms with Crippen molar-refractivity contribution >= 4 is 17.6 Å². The third-order valence-electron chi connectivity index (χ3n) is 1.54. The van der Waals surface area contributed by atoms with Gasteiger partial charge in [0.05, 0.1) is 11.9 Å². The molecule has 6 nitrogen and oxygen atoms in total. The highest BCUT2D eigenvalue weighted by Crippen LogP contribution is 2.04. The first-order valence-corrected chi connectivity index (χ1v) is 4.20. The van der Waals surface area contributed by atoms with Crippen LogP contribution in [0.15, 0.2) is 12.4 Å². The SMILES string of the molecule is CCCn1cc(NC(=O)C(=O)O)cn1. The van der Waals surface area contributed by atoms with Gasteiger partial charge in [-0.15, -0.1) is 0 Å². The Kier molecular flexibility index (Phi) is 3.22. The number of hydrogen-bond donors (Lipinski definition) is 2. The van der Waals surface area contributed by atoms with Crippen LogP contribution in [0, 0.1) is 0 Å². The van der Waals surface area contributed by atoms with E-state index in [1.165, 1.54) is 6.20 Å². The van der Waals surface area contributed by atoms with E-state index in [4.69, 9.17) is 5.11 Å². The number of anilines is 1. The minimum Gasteiger partial charge on any atom is -0.474 e. The average Bonchev–Trinajstić information content (AvgIpc) is 2.53. The van der Waals surface area contributed by atoms with Crippen molar-refractivity contribution in [3.05, 3.63) is 12.4 Å². The molecule has 1 rings (SSSR count). The second-order valence-electron chi connectivity index (χ2n) is 2.75. The van der Waals surface area contributed by atoms with Crippen LogP contribution in [0.5, 0.6) is 0 Å². The molecule has 1 heterocycles. The molecule has 76 valence electrons. The molecule has 0 radical (unpaired) electrons. The Labute approximate surface area is 80.5 Å². The fourth-order valence-electron chi connectivity index (χ4n) is 0.964. The first-order valence-electron chi connectivity index (χ1n) is 4.20. The number of aromatic nitrogens is 2. The molecule has 0 saturated carbocycles. The van der Waals surface area contributed by atoms with Crippen LogP contribution in [0.2, 0.25) is 0 Å². The molecule has 0 aliphatic heterocycles. The Hall–Kier alpha value is -1.85. The molecule has 0 aliphatic rings. The standard InChI is InChI=1S/C8H11N3O3/c1-2-3-11-5-6(4-9-11)10-7(12)8(13)14/h4-5H,2-3H2,1H3,(H,10,12)(H,13,14). The Bertz CT molecular complexity index is 345. The lowest BCUT2D eigenvalue weighted by molar-refractivity contribution is -0.147. The van der Waals surface area contributed by atoms with E-state index in [1.54, 1.807) is 10.9 Å². The van der Waals surface area contributed by atoms with Crippen LogP contribution in [-0.4, -0.2) is 26.8 Å². The van der Waals surface area contributed by atoms with E-state index in [0.717, 1.165) is 13.0 Å². The Morgan fingerprint density at radius 3 is 2.93 bits per heavy atom. The summed E-state index contributed by atoms with van der Waals surface area (Å²) >= 11 is 0. The predicted molar refractivity (Wildman–Crippen MR) is 48.8 cm³/mol. The van der Waals surface area contributed by atoms with Gasteiger partial charge in [0.2, 0.25) is 0 Å². The molecule has 2 N–H and O–H groups in total. The highest BCUT2D eigenvalue weighted by Gasteiger charge is 2.11. The molecule has 0 spiro atoms. The summed E-state index contributed by atoms with van der Waals surface area (Å²) < 4.78 is 1.64. The molecule has 0 unspecified atom stereocenters. The number of carboxylic acid groups (broad SMARTS) is 1. The summed E-state index contributed by atoms with van der Waals surface area (Å²) in [6, 6.07) is 0. The summed E-state index contributed by atoms with van der Waals surface area (Å²) in [7, 11) is 0. The molecule has 0 saturated heterocycles. The van der Waals surface area contributed by atoms with Gasteiger partial charge in [0.25, 0.3) is 0 Å². The number of carboxylic acids is 1. The highest BCUT2D eigenvalue weighted by atomic mass is 16.4. The zero-order valence-electron chi connectivity index (χ0n) is 7.73. The van der Waals surface area contributed by atoms with Gasteiger partial charge in [-0.3, -0.25) is 9.48 Å². The van der Waals surface area contributed by atoms with E-state index < -0.39 is 11.9 Å². The van der Waals surface area contributed by atoms with Crippen molar-refractivity contribution in [2.45, 2.75) is 19.9 Å². The maximum absolute atomic E-state index is 10.7. The average molecular weight is 197 g/mol. The molecule has 6 heteroatoms. The van der Waals surface area contributed by atoms with Gasteiger partial charge in [-0.1, -0.05) is 6.92 Å². The Balaban J connectivity index is 2.59. The molecule has 1 amide bonds. The summed E-state index contributed by atoms with van der Waals surface area (Å²) in [5.41, 5.74) is 0.394. The van der Waals surface area contributed by atoms with E-state index in [0.29, 0.717) is 5.69 Å². The summed E-state index contributed by atoms with van der Waals surface area (Å²) in [4.78, 5) is 20.9. The third kappa shape index (κ3) is 2.58. The van der Waals surface area contributed by atoms with Gasteiger partial charge < -0.3 is 10.4 Å². The normalized spacial score (nSPS) is 9.79. The number of carbonyl (C=O) groups excluding carboxylic acids is 1. The molecular weight excluding hydrogens is 186 g/mol. The molecular formula is C8H11N3O3. The van der Waals surface area contributed by atoms with Gasteiger partial charge in [0, 0.05) is 12.7 Å². The molecule has 0 bridgehead atoms. The molecule has 1 aromatic rings. The van der Waals surface area contributed by atoms with Gasteiger partial charge in [0.1, 0.15) is 0 Å². The smallest absolute Gasteiger partial charge is 0.394 e. The number of carbonyl (C=O) groups is 2. The van der Waals surface area contributed by atoms with E-state index in [9.17, 15) is 9.59 Å². The lowest BCUT2D eigenvalue weighted by Gasteiger charge is -1.96. The number of hydrogen-bond acceptors (Lipinski definition) is 3. The summed E-state index contributed by atoms with van der Waals surface area (Å²) in [5.74, 6) is -2.56. The predicted octanol–water partition coefficient (Wildman–Crippen LogP) is 0.316. The summed E-state index contributed by atoms with van der Waals surface area (Å²) in [6.07, 6.45) is 3.93. The number of nitrogens with zero attached hydrogens (tertiary/aromatic N) is 2. The lowest BCUT2D eigenvalue weighted by Crippen LogP contribution is -2.21. The van der Waals surface area contributed by atoms with Crippen LogP contribution in [0.4, 0.5) is 5.69 Å². The van der Waals surface area contributed by atoms with Crippen molar-refractivity contribution in [1.29, 1.82) is 0 Å². The van der Waals surface area contributed by atoms with E-state index in [2.05, 4.69) is 10.4 Å². The first-order chi connectivity index (χ1) is 6.63. The second-order valence-corrected chi connectivity index (χ2v) is 2.75. The maximum atomic E-state index is 10.7. The highest BCUT2D eigenvalue weighted by molar-refractivity contribution is 6.36. The molecule has 1 aromatic heterocycles. The molecule has 0 fully saturated rings. The van der Waals surface area contributed by atoms with Gasteiger partial charge >= 0.3 is 11.9 Å². The van der Waals surface area contributed by atoms with Crippen molar-refractivity contribution in [2.24, 2.45) is 0 Å². The van der Waals surface area contributed by atoms with Crippen LogP contribution >= 0.6 is 0 Å². The third-order valence-corrected chi connectivity index (χ3v) is 1.54. The van der Waals surface area contributed by atoms with E-state index in [1.807, 2.05) is 6.92 Å². The summed E-state index contributed by atoms with van der Waals surface area (Å²) in [6.45, 7) is 2.74. The fraction of sp³-hybridized carbons (Fsp3) is 0.375. The zero-order chi connectivity index (χ0) is 10.6. The van der Waals surface area contributed by atoms with Gasteiger partial charge in [-0.2, -0.15) is 5.10 Å². The summed E-state index contributed by atoms with van der Waals surface area (Å²) in [5, 5.41) is 14.4. The largest absolute Gasteiger partial charge is 0.474 e. The second kappa shape index (κ2) is 4.40. The zero-order valence-corrected chi connectivity index (χ0v) is 7.73. The van der Waals surface area contributed by atoms with Crippen LogP contribution < -0.4 is 5.32 Å². The van der Waals surface area contributed by atoms with Crippen LogP contribution in [0.3, 0.4) is 0 Å². The molecule has 14 heavy (non-hydrogen) atoms. The van der Waals surface area contributed by atoms with Crippen molar-refractivity contribution in [3.63, 3.8) is 0 Å². The number of rotatable bonds is 3. The molecule has 0 aliphatic carbocycles. The molecule has 0 aromatic carbocycles. The van der Waals surface area contributed by atoms with Gasteiger partial charge in [-0.25, -0.2) is 4.79 Å². The van der Waals surface area contributed by atoms with Crippen molar-refractivity contribution in [2.75, 3.05) is 5.32 Å². The minimum atomic E-state index is -1.51. The van der Waals surface area contributed by atoms with Crippen LogP contribution in [-0.2, 0) is 16.1 Å².